The fraction of sp³-hybridized carbons (Fsp3) is 0.500. The lowest BCUT2D eigenvalue weighted by Gasteiger charge is -1.85. The van der Waals surface area contributed by atoms with Crippen LogP contribution in [0.3, 0.4) is 0 Å². The molecule has 0 saturated heterocycles. The predicted octanol–water partition coefficient (Wildman–Crippen LogP) is -2.54. The van der Waals surface area contributed by atoms with Crippen LogP contribution in [0.4, 0.5) is 0 Å². The molecule has 8 N–H and O–H groups in total. The average molecular weight is 172 g/mol. The van der Waals surface area contributed by atoms with Gasteiger partial charge in [-0.05, 0) is 0 Å². The Morgan fingerprint density at radius 1 is 0.818 bits per heavy atom. The van der Waals surface area contributed by atoms with Crippen molar-refractivity contribution in [3.63, 3.8) is 0 Å². The van der Waals surface area contributed by atoms with Gasteiger partial charge in [0.05, 0.1) is 12.8 Å². The zero-order valence-electron chi connectivity index (χ0n) is 5.63. The van der Waals surface area contributed by atoms with Gasteiger partial charge >= 0.3 is 11.9 Å². The van der Waals surface area contributed by atoms with Crippen molar-refractivity contribution in [2.45, 2.75) is 12.8 Å². The van der Waals surface area contributed by atoms with Crippen molar-refractivity contribution >= 4 is 11.9 Å². The maximum atomic E-state index is 9.64. The Morgan fingerprint density at radius 2 is 1.00 bits per heavy atom. The second-order valence-electron chi connectivity index (χ2n) is 1.29. The van der Waals surface area contributed by atoms with Crippen molar-refractivity contribution in [3.05, 3.63) is 0 Å². The zero-order chi connectivity index (χ0) is 6.57. The van der Waals surface area contributed by atoms with Crippen LogP contribution in [0.5, 0.6) is 0 Å². The Kier molecular flexibility index (Phi) is 23.8. The summed E-state index contributed by atoms with van der Waals surface area (Å²) < 4.78 is 0. The summed E-state index contributed by atoms with van der Waals surface area (Å²) in [6.45, 7) is 0. The molecule has 0 unspecified atom stereocenters. The van der Waals surface area contributed by atoms with Crippen molar-refractivity contribution in [2.24, 2.45) is 0 Å². The third kappa shape index (κ3) is 28.1. The number of carbonyl (C=O) groups is 2. The molecule has 0 bridgehead atoms. The van der Waals surface area contributed by atoms with Gasteiger partial charge in [-0.2, -0.15) is 0 Å². The number of carboxylic acid groups (broad SMARTS) is 2. The highest BCUT2D eigenvalue weighted by atomic mass is 16.4. The third-order valence-electron chi connectivity index (χ3n) is 0.553. The van der Waals surface area contributed by atoms with Crippen molar-refractivity contribution in [3.8, 4) is 0 Å². The van der Waals surface area contributed by atoms with E-state index >= 15 is 0 Å². The highest BCUT2D eigenvalue weighted by molar-refractivity contribution is 5.75. The summed E-state index contributed by atoms with van der Waals surface area (Å²) in [5.41, 5.74) is 0. The van der Waals surface area contributed by atoms with Gasteiger partial charge in [-0.15, -0.1) is 0 Å². The van der Waals surface area contributed by atoms with Crippen LogP contribution in [-0.2, 0) is 9.59 Å². The highest BCUT2D eigenvalue weighted by Crippen LogP contribution is 1.85. The predicted molar refractivity (Wildman–Crippen MR) is 35.3 cm³/mol. The summed E-state index contributed by atoms with van der Waals surface area (Å²) in [6.07, 6.45) is -0.593. The summed E-state index contributed by atoms with van der Waals surface area (Å²) in [4.78, 5) is 19.3. The molecule has 0 heterocycles. The van der Waals surface area contributed by atoms with Gasteiger partial charge in [0.1, 0.15) is 0 Å². The van der Waals surface area contributed by atoms with E-state index in [1.54, 1.807) is 0 Å². The van der Waals surface area contributed by atoms with Crippen LogP contribution in [0.25, 0.3) is 0 Å². The summed E-state index contributed by atoms with van der Waals surface area (Å²) >= 11 is 0. The molecular weight excluding hydrogens is 160 g/mol. The number of aliphatic carboxylic acids is 2. The monoisotopic (exact) mass is 172 g/mol. The number of rotatable bonds is 3. The first-order valence-corrected chi connectivity index (χ1v) is 2.06. The lowest BCUT2D eigenvalue weighted by atomic mass is 10.3. The van der Waals surface area contributed by atoms with Gasteiger partial charge < -0.3 is 26.6 Å². The topological polar surface area (TPSA) is 169 Å². The Labute approximate surface area is 62.2 Å². The molecule has 0 aliphatic heterocycles. The van der Waals surface area contributed by atoms with Gasteiger partial charge in [0.15, 0.2) is 0 Å². The molecule has 0 aromatic carbocycles. The first-order valence-electron chi connectivity index (χ1n) is 2.06. The van der Waals surface area contributed by atoms with Crippen LogP contribution in [0.1, 0.15) is 12.8 Å². The van der Waals surface area contributed by atoms with Crippen LogP contribution in [-0.4, -0.2) is 38.6 Å². The Balaban J connectivity index is -0.0000000817. The molecule has 0 rings (SSSR count). The van der Waals surface area contributed by atoms with E-state index in [1.807, 2.05) is 0 Å². The van der Waals surface area contributed by atoms with E-state index in [4.69, 9.17) is 10.2 Å². The molecule has 0 aliphatic rings. The second kappa shape index (κ2) is 11.6. The average Bonchev–Trinajstić information content (AvgIpc) is 1.61. The maximum Gasteiger partial charge on any atom is 0.303 e. The summed E-state index contributed by atoms with van der Waals surface area (Å²) in [7, 11) is 0. The Bertz CT molecular complexity index is 95.0. The van der Waals surface area contributed by atoms with E-state index in [1.165, 1.54) is 0 Å². The first kappa shape index (κ1) is 22.6. The molecule has 0 spiro atoms. The summed E-state index contributed by atoms with van der Waals surface area (Å²) in [5, 5.41) is 15.8. The van der Waals surface area contributed by atoms with E-state index in [-0.39, 0.29) is 29.3 Å². The van der Waals surface area contributed by atoms with Crippen LogP contribution < -0.4 is 0 Å². The standard InChI is InChI=1S/C4H6O4.3H2O/c5-3(6)1-2-4(7)8;;;/h1-2H2,(H,5,6)(H,7,8);3*1H2. The van der Waals surface area contributed by atoms with Crippen LogP contribution in [0.15, 0.2) is 0 Å². The quantitative estimate of drug-likeness (QED) is 0.478. The molecule has 7 heteroatoms. The van der Waals surface area contributed by atoms with Crippen molar-refractivity contribution in [1.29, 1.82) is 0 Å². The van der Waals surface area contributed by atoms with Crippen molar-refractivity contribution in [1.82, 2.24) is 0 Å². The molecule has 0 aromatic rings. The fourth-order valence-electron chi connectivity index (χ4n) is 0.214. The van der Waals surface area contributed by atoms with E-state index in [0.717, 1.165) is 0 Å². The largest absolute Gasteiger partial charge is 0.481 e. The van der Waals surface area contributed by atoms with Gasteiger partial charge in [-0.1, -0.05) is 0 Å². The van der Waals surface area contributed by atoms with E-state index < -0.39 is 11.9 Å². The minimum absolute atomic E-state index is 0. The number of hydrogen-bond donors (Lipinski definition) is 2. The zero-order valence-corrected chi connectivity index (χ0v) is 5.63. The smallest absolute Gasteiger partial charge is 0.303 e. The SMILES string of the molecule is O.O.O.O=C(O)CCC(=O)O. The molecule has 70 valence electrons. The Hall–Kier alpha value is -1.18. The molecule has 7 nitrogen and oxygen atoms in total. The fourth-order valence-corrected chi connectivity index (χ4v) is 0.214. The van der Waals surface area contributed by atoms with Gasteiger partial charge in [0, 0.05) is 0 Å². The third-order valence-corrected chi connectivity index (χ3v) is 0.553. The van der Waals surface area contributed by atoms with Crippen LogP contribution in [0.2, 0.25) is 0 Å². The molecule has 0 atom stereocenters. The van der Waals surface area contributed by atoms with Gasteiger partial charge in [0.2, 0.25) is 0 Å². The lowest BCUT2D eigenvalue weighted by Crippen LogP contribution is -2.00. The molecular formula is C4H12O7. The minimum Gasteiger partial charge on any atom is -0.481 e. The van der Waals surface area contributed by atoms with Gasteiger partial charge in [-0.3, -0.25) is 9.59 Å². The molecule has 0 radical (unpaired) electrons. The van der Waals surface area contributed by atoms with Crippen LogP contribution in [0, 0.1) is 0 Å². The van der Waals surface area contributed by atoms with Crippen LogP contribution >= 0.6 is 0 Å². The summed E-state index contributed by atoms with van der Waals surface area (Å²) in [6, 6.07) is 0. The Morgan fingerprint density at radius 3 is 1.09 bits per heavy atom. The number of carboxylic acids is 2. The normalized spacial score (nSPS) is 6.18. The molecule has 0 saturated carbocycles. The van der Waals surface area contributed by atoms with E-state index in [0.29, 0.717) is 0 Å². The first-order chi connectivity index (χ1) is 3.63. The van der Waals surface area contributed by atoms with E-state index in [2.05, 4.69) is 0 Å². The van der Waals surface area contributed by atoms with E-state index in [9.17, 15) is 9.59 Å². The lowest BCUT2D eigenvalue weighted by molar-refractivity contribution is -0.143. The van der Waals surface area contributed by atoms with Crippen molar-refractivity contribution < 1.29 is 36.2 Å². The maximum absolute atomic E-state index is 9.64. The molecule has 0 aromatic heterocycles. The number of hydrogen-bond acceptors (Lipinski definition) is 2. The summed E-state index contributed by atoms with van der Waals surface area (Å²) in [5.74, 6) is -2.15. The molecule has 0 amide bonds. The molecule has 0 aliphatic carbocycles. The molecule has 0 fully saturated rings. The van der Waals surface area contributed by atoms with Crippen molar-refractivity contribution in [2.75, 3.05) is 0 Å². The second-order valence-corrected chi connectivity index (χ2v) is 1.29. The molecule has 11 heavy (non-hydrogen) atoms. The highest BCUT2D eigenvalue weighted by Gasteiger charge is 2.00. The van der Waals surface area contributed by atoms with Gasteiger partial charge in [-0.25, -0.2) is 0 Å². The minimum atomic E-state index is -1.08. The van der Waals surface area contributed by atoms with Gasteiger partial charge in [0.25, 0.3) is 0 Å².